The first kappa shape index (κ1) is 13.5. The van der Waals surface area contributed by atoms with Gasteiger partial charge in [-0.25, -0.2) is 0 Å². The lowest BCUT2D eigenvalue weighted by molar-refractivity contribution is 0.142. The molecule has 0 saturated carbocycles. The van der Waals surface area contributed by atoms with Gasteiger partial charge in [0.25, 0.3) is 0 Å². The molecule has 0 atom stereocenters. The maximum atomic E-state index is 12.8. The number of hydrogen-bond donors (Lipinski definition) is 0. The lowest BCUT2D eigenvalue weighted by Gasteiger charge is -2.36. The molecule has 92 valence electrons. The highest BCUT2D eigenvalue weighted by Crippen LogP contribution is 2.37. The fraction of sp³-hybridized carbons (Fsp3) is 0.727. The van der Waals surface area contributed by atoms with E-state index >= 15 is 0 Å². The van der Waals surface area contributed by atoms with Crippen molar-refractivity contribution in [1.82, 2.24) is 0 Å². The Hall–Kier alpha value is -0.553. The van der Waals surface area contributed by atoms with Gasteiger partial charge in [-0.05, 0) is 18.1 Å². The van der Waals surface area contributed by atoms with Crippen LogP contribution in [0.25, 0.3) is 0 Å². The van der Waals surface area contributed by atoms with Gasteiger partial charge in [0.1, 0.15) is 0 Å². The minimum atomic E-state index is -2.90. The lowest BCUT2D eigenvalue weighted by Crippen LogP contribution is -2.41. The molecular formula is C11H19F2NOSi. The third-order valence-corrected chi connectivity index (χ3v) is 7.63. The molecule has 0 bridgehead atoms. The van der Waals surface area contributed by atoms with Gasteiger partial charge in [-0.15, -0.1) is 0 Å². The molecule has 0 radical (unpaired) electrons. The van der Waals surface area contributed by atoms with Gasteiger partial charge in [0.05, 0.1) is 18.5 Å². The summed E-state index contributed by atoms with van der Waals surface area (Å²) in [5.41, 5.74) is 0.329. The largest absolute Gasteiger partial charge is 0.411 e. The molecule has 0 amide bonds. The number of hydrogen-bond acceptors (Lipinski definition) is 2. The molecule has 0 aromatic rings. The van der Waals surface area contributed by atoms with Crippen molar-refractivity contribution in [2.24, 2.45) is 4.99 Å². The van der Waals surface area contributed by atoms with Crippen LogP contribution < -0.4 is 0 Å². The Morgan fingerprint density at radius 2 is 1.94 bits per heavy atom. The van der Waals surface area contributed by atoms with E-state index in [-0.39, 0.29) is 11.6 Å². The molecule has 0 spiro atoms. The second-order valence-electron chi connectivity index (χ2n) is 5.62. The van der Waals surface area contributed by atoms with Crippen molar-refractivity contribution in [3.05, 3.63) is 11.8 Å². The maximum absolute atomic E-state index is 12.8. The number of aliphatic imine (C=N–C) groups is 1. The zero-order valence-electron chi connectivity index (χ0n) is 10.5. The Kier molecular flexibility index (Phi) is 3.41. The average Bonchev–Trinajstić information content (AvgIpc) is 2.40. The van der Waals surface area contributed by atoms with Crippen molar-refractivity contribution in [2.45, 2.75) is 44.8 Å². The predicted molar refractivity (Wildman–Crippen MR) is 64.7 cm³/mol. The summed E-state index contributed by atoms with van der Waals surface area (Å²) in [6, 6.07) is 0. The van der Waals surface area contributed by atoms with Crippen molar-refractivity contribution in [1.29, 1.82) is 0 Å². The number of rotatable bonds is 3. The van der Waals surface area contributed by atoms with Crippen LogP contribution in [-0.2, 0) is 4.43 Å². The highest BCUT2D eigenvalue weighted by molar-refractivity contribution is 6.74. The molecule has 0 N–H and O–H groups in total. The quantitative estimate of drug-likeness (QED) is 0.698. The van der Waals surface area contributed by atoms with Crippen molar-refractivity contribution in [3.8, 4) is 0 Å². The summed E-state index contributed by atoms with van der Waals surface area (Å²) in [4.78, 5) is 3.66. The van der Waals surface area contributed by atoms with Crippen LogP contribution in [0, 0.1) is 0 Å². The molecule has 0 aromatic heterocycles. The predicted octanol–water partition coefficient (Wildman–Crippen LogP) is 3.61. The van der Waals surface area contributed by atoms with Gasteiger partial charge in [0.2, 0.25) is 0 Å². The molecule has 16 heavy (non-hydrogen) atoms. The minimum Gasteiger partial charge on any atom is -0.411 e. The van der Waals surface area contributed by atoms with Gasteiger partial charge in [0, 0.05) is 6.08 Å². The minimum absolute atomic E-state index is 0.0817. The van der Waals surface area contributed by atoms with Gasteiger partial charge in [-0.2, -0.15) is 8.78 Å². The first-order chi connectivity index (χ1) is 7.04. The van der Waals surface area contributed by atoms with E-state index in [4.69, 9.17) is 4.43 Å². The third-order valence-electron chi connectivity index (χ3n) is 3.15. The summed E-state index contributed by atoms with van der Waals surface area (Å²) >= 11 is 0. The van der Waals surface area contributed by atoms with E-state index < -0.39 is 14.2 Å². The van der Waals surface area contributed by atoms with E-state index in [1.54, 1.807) is 0 Å². The Bertz CT molecular complexity index is 329. The van der Waals surface area contributed by atoms with E-state index in [9.17, 15) is 8.78 Å². The molecule has 5 heteroatoms. The van der Waals surface area contributed by atoms with Crippen LogP contribution in [0.1, 0.15) is 20.8 Å². The standard InChI is InChI=1S/C11H19F2NOSi/c1-10(2,3)16(4,5)15-7-9-6-11(12,13)8-14-9/h6,8H,7H2,1-5H3. The van der Waals surface area contributed by atoms with Crippen molar-refractivity contribution >= 4 is 14.5 Å². The Morgan fingerprint density at radius 3 is 2.31 bits per heavy atom. The molecular weight excluding hydrogens is 228 g/mol. The molecule has 1 aliphatic heterocycles. The van der Waals surface area contributed by atoms with Crippen LogP contribution in [0.4, 0.5) is 8.78 Å². The van der Waals surface area contributed by atoms with E-state index in [0.717, 1.165) is 6.08 Å². The van der Waals surface area contributed by atoms with E-state index in [2.05, 4.69) is 38.9 Å². The van der Waals surface area contributed by atoms with Crippen molar-refractivity contribution in [2.75, 3.05) is 6.61 Å². The summed E-state index contributed by atoms with van der Waals surface area (Å²) < 4.78 is 31.4. The molecule has 0 aliphatic carbocycles. The second-order valence-corrected chi connectivity index (χ2v) is 10.4. The Labute approximate surface area is 96.5 Å². The third kappa shape index (κ3) is 3.22. The van der Waals surface area contributed by atoms with Crippen LogP contribution >= 0.6 is 0 Å². The lowest BCUT2D eigenvalue weighted by atomic mass is 10.2. The molecule has 0 aromatic carbocycles. The Morgan fingerprint density at radius 1 is 1.38 bits per heavy atom. The molecule has 0 fully saturated rings. The molecule has 2 nitrogen and oxygen atoms in total. The molecule has 0 unspecified atom stereocenters. The summed E-state index contributed by atoms with van der Waals surface area (Å²) in [6.45, 7) is 10.7. The highest BCUT2D eigenvalue weighted by atomic mass is 28.4. The smallest absolute Gasteiger partial charge is 0.303 e. The van der Waals surface area contributed by atoms with E-state index in [0.29, 0.717) is 11.9 Å². The number of alkyl halides is 2. The fourth-order valence-electron chi connectivity index (χ4n) is 1.02. The average molecular weight is 247 g/mol. The first-order valence-corrected chi connectivity index (χ1v) is 8.23. The summed E-state index contributed by atoms with van der Waals surface area (Å²) in [6.07, 6.45) is 1.53. The highest BCUT2D eigenvalue weighted by Gasteiger charge is 2.38. The van der Waals surface area contributed by atoms with Crippen LogP contribution in [0.3, 0.4) is 0 Å². The van der Waals surface area contributed by atoms with Crippen LogP contribution in [0.5, 0.6) is 0 Å². The van der Waals surface area contributed by atoms with Gasteiger partial charge in [-0.1, -0.05) is 20.8 Å². The van der Waals surface area contributed by atoms with Gasteiger partial charge >= 0.3 is 5.92 Å². The summed E-state index contributed by atoms with van der Waals surface area (Å²) in [7, 11) is -1.88. The zero-order chi connectivity index (χ0) is 12.6. The number of halogens is 2. The molecule has 0 saturated heterocycles. The number of nitrogens with zero attached hydrogens (tertiary/aromatic N) is 1. The second kappa shape index (κ2) is 4.03. The normalized spacial score (nSPS) is 20.1. The zero-order valence-corrected chi connectivity index (χ0v) is 11.5. The van der Waals surface area contributed by atoms with E-state index in [1.807, 2.05) is 0 Å². The summed E-state index contributed by atoms with van der Waals surface area (Å²) in [5.74, 6) is -2.90. The van der Waals surface area contributed by atoms with Crippen LogP contribution in [0.15, 0.2) is 16.8 Å². The monoisotopic (exact) mass is 247 g/mol. The first-order valence-electron chi connectivity index (χ1n) is 5.32. The van der Waals surface area contributed by atoms with Gasteiger partial charge < -0.3 is 4.43 Å². The topological polar surface area (TPSA) is 21.6 Å². The molecule has 1 heterocycles. The summed E-state index contributed by atoms with van der Waals surface area (Å²) in [5, 5.41) is 0.0817. The Balaban J connectivity index is 2.58. The molecule has 1 aliphatic rings. The van der Waals surface area contributed by atoms with Crippen molar-refractivity contribution in [3.63, 3.8) is 0 Å². The molecule has 1 rings (SSSR count). The van der Waals surface area contributed by atoms with Gasteiger partial charge in [0.15, 0.2) is 8.32 Å². The maximum Gasteiger partial charge on any atom is 0.303 e. The van der Waals surface area contributed by atoms with Crippen molar-refractivity contribution < 1.29 is 13.2 Å². The van der Waals surface area contributed by atoms with E-state index in [1.165, 1.54) is 0 Å². The van der Waals surface area contributed by atoms with Gasteiger partial charge in [-0.3, -0.25) is 4.99 Å². The SMILES string of the molecule is CC(C)(C)[Si](C)(C)OCC1=CC(F)(F)C=N1. The number of allylic oxidation sites excluding steroid dienone is 1. The van der Waals surface area contributed by atoms with Crippen LogP contribution in [-0.4, -0.2) is 27.1 Å². The van der Waals surface area contributed by atoms with Crippen LogP contribution in [0.2, 0.25) is 18.1 Å². The fourth-order valence-corrected chi connectivity index (χ4v) is 1.96.